The number of hydrogen-bond donors (Lipinski definition) is 1. The number of amides is 1. The smallest absolute Gasteiger partial charge is 0.326 e. The van der Waals surface area contributed by atoms with Crippen LogP contribution < -0.4 is 0 Å². The summed E-state index contributed by atoms with van der Waals surface area (Å²) in [6.07, 6.45) is 8.06. The number of carboxylic acid groups (broad SMARTS) is 1. The van der Waals surface area contributed by atoms with Crippen LogP contribution in [0.4, 0.5) is 0 Å². The summed E-state index contributed by atoms with van der Waals surface area (Å²) in [6.45, 7) is 2.06. The SMILES string of the molecule is CCCc1noc(CCCC(=O)N2[C@H](C(=O)O)C[C@@H]3CCCC[C@@H]32)n1. The molecule has 0 spiro atoms. The first-order valence-electron chi connectivity index (χ1n) is 9.45. The quantitative estimate of drug-likeness (QED) is 0.813. The Morgan fingerprint density at radius 3 is 2.84 bits per heavy atom. The zero-order chi connectivity index (χ0) is 17.8. The molecule has 7 nitrogen and oxygen atoms in total. The maximum absolute atomic E-state index is 12.7. The van der Waals surface area contributed by atoms with Crippen LogP contribution in [0, 0.1) is 5.92 Å². The largest absolute Gasteiger partial charge is 0.480 e. The summed E-state index contributed by atoms with van der Waals surface area (Å²) in [5, 5.41) is 13.4. The number of hydrogen-bond acceptors (Lipinski definition) is 5. The van der Waals surface area contributed by atoms with Gasteiger partial charge in [-0.2, -0.15) is 4.98 Å². The van der Waals surface area contributed by atoms with Gasteiger partial charge in [0, 0.05) is 25.3 Å². The van der Waals surface area contributed by atoms with Crippen molar-refractivity contribution in [2.24, 2.45) is 5.92 Å². The first-order chi connectivity index (χ1) is 12.1. The first-order valence-corrected chi connectivity index (χ1v) is 9.45. The monoisotopic (exact) mass is 349 g/mol. The Bertz CT molecular complexity index is 615. The van der Waals surface area contributed by atoms with Gasteiger partial charge in [0.05, 0.1) is 0 Å². The Hall–Kier alpha value is -1.92. The number of carboxylic acids is 1. The van der Waals surface area contributed by atoms with Gasteiger partial charge in [0.2, 0.25) is 11.8 Å². The minimum atomic E-state index is -0.871. The lowest BCUT2D eigenvalue weighted by molar-refractivity contribution is -0.149. The minimum absolute atomic E-state index is 0.0462. The number of fused-ring (bicyclic) bond motifs is 1. The van der Waals surface area contributed by atoms with Gasteiger partial charge in [0.1, 0.15) is 6.04 Å². The Kier molecular flexibility index (Phi) is 5.71. The topological polar surface area (TPSA) is 96.5 Å². The van der Waals surface area contributed by atoms with E-state index in [4.69, 9.17) is 4.52 Å². The van der Waals surface area contributed by atoms with Gasteiger partial charge in [-0.05, 0) is 38.0 Å². The predicted molar refractivity (Wildman–Crippen MR) is 89.9 cm³/mol. The van der Waals surface area contributed by atoms with Gasteiger partial charge in [-0.15, -0.1) is 0 Å². The van der Waals surface area contributed by atoms with Crippen molar-refractivity contribution in [3.63, 3.8) is 0 Å². The second-order valence-corrected chi connectivity index (χ2v) is 7.21. The van der Waals surface area contributed by atoms with Crippen LogP contribution in [-0.2, 0) is 22.4 Å². The van der Waals surface area contributed by atoms with Crippen LogP contribution in [0.25, 0.3) is 0 Å². The van der Waals surface area contributed by atoms with Gasteiger partial charge in [0.15, 0.2) is 5.82 Å². The van der Waals surface area contributed by atoms with Crippen molar-refractivity contribution in [2.75, 3.05) is 0 Å². The molecule has 1 saturated carbocycles. The van der Waals surface area contributed by atoms with Gasteiger partial charge < -0.3 is 14.5 Å². The van der Waals surface area contributed by atoms with Crippen LogP contribution in [0.2, 0.25) is 0 Å². The summed E-state index contributed by atoms with van der Waals surface area (Å²) in [4.78, 5) is 30.3. The zero-order valence-electron chi connectivity index (χ0n) is 14.8. The van der Waals surface area contributed by atoms with E-state index in [0.29, 0.717) is 43.3 Å². The average Bonchev–Trinajstić information content (AvgIpc) is 3.19. The van der Waals surface area contributed by atoms with Gasteiger partial charge >= 0.3 is 5.97 Å². The summed E-state index contributed by atoms with van der Waals surface area (Å²) < 4.78 is 5.19. The molecule has 1 aliphatic heterocycles. The van der Waals surface area contributed by atoms with Crippen molar-refractivity contribution < 1.29 is 19.2 Å². The van der Waals surface area contributed by atoms with E-state index in [1.807, 2.05) is 0 Å². The molecule has 0 unspecified atom stereocenters. The second kappa shape index (κ2) is 7.97. The number of aryl methyl sites for hydroxylation is 2. The molecule has 1 aromatic heterocycles. The number of likely N-dealkylation sites (tertiary alicyclic amines) is 1. The molecule has 3 atom stereocenters. The minimum Gasteiger partial charge on any atom is -0.480 e. The molecule has 2 aliphatic rings. The standard InChI is InChI=1S/C18H27N3O4/c1-2-6-15-19-16(25-20-15)9-5-10-17(22)21-13-8-4-3-7-12(13)11-14(21)18(23)24/h12-14H,2-11H2,1H3,(H,23,24)/t12-,13-,14-/m0/s1. The van der Waals surface area contributed by atoms with Crippen molar-refractivity contribution in [3.8, 4) is 0 Å². The van der Waals surface area contributed by atoms with Gasteiger partial charge in [-0.1, -0.05) is 24.9 Å². The Morgan fingerprint density at radius 1 is 1.28 bits per heavy atom. The third-order valence-electron chi connectivity index (χ3n) is 5.43. The summed E-state index contributed by atoms with van der Waals surface area (Å²) in [5.74, 6) is 0.702. The molecule has 2 heterocycles. The van der Waals surface area contributed by atoms with Crippen LogP contribution >= 0.6 is 0 Å². The van der Waals surface area contributed by atoms with Crippen LogP contribution in [0.15, 0.2) is 4.52 Å². The van der Waals surface area contributed by atoms with E-state index in [9.17, 15) is 14.7 Å². The van der Waals surface area contributed by atoms with Crippen LogP contribution in [0.1, 0.15) is 70.0 Å². The van der Waals surface area contributed by atoms with Crippen molar-refractivity contribution in [1.82, 2.24) is 15.0 Å². The van der Waals surface area contributed by atoms with E-state index in [-0.39, 0.29) is 11.9 Å². The summed E-state index contributed by atoms with van der Waals surface area (Å²) in [6, 6.07) is -0.540. The number of rotatable bonds is 7. The van der Waals surface area contributed by atoms with Crippen LogP contribution in [0.3, 0.4) is 0 Å². The molecule has 25 heavy (non-hydrogen) atoms. The fourth-order valence-electron chi connectivity index (χ4n) is 4.28. The molecule has 1 saturated heterocycles. The highest BCUT2D eigenvalue weighted by molar-refractivity contribution is 5.84. The molecule has 1 aromatic rings. The molecule has 0 bridgehead atoms. The van der Waals surface area contributed by atoms with Crippen LogP contribution in [-0.4, -0.2) is 44.1 Å². The highest BCUT2D eigenvalue weighted by Crippen LogP contribution is 2.40. The average molecular weight is 349 g/mol. The molecule has 2 fully saturated rings. The molecular formula is C18H27N3O4. The zero-order valence-corrected chi connectivity index (χ0v) is 14.8. The van der Waals surface area contributed by atoms with E-state index in [0.717, 1.165) is 38.5 Å². The first kappa shape index (κ1) is 17.9. The van der Waals surface area contributed by atoms with Gasteiger partial charge in [-0.3, -0.25) is 4.79 Å². The van der Waals surface area contributed by atoms with E-state index in [1.54, 1.807) is 4.90 Å². The third kappa shape index (κ3) is 4.02. The van der Waals surface area contributed by atoms with Crippen molar-refractivity contribution in [1.29, 1.82) is 0 Å². The van der Waals surface area contributed by atoms with E-state index in [1.165, 1.54) is 0 Å². The second-order valence-electron chi connectivity index (χ2n) is 7.21. The molecule has 1 N–H and O–H groups in total. The molecule has 3 rings (SSSR count). The van der Waals surface area contributed by atoms with Crippen LogP contribution in [0.5, 0.6) is 0 Å². The molecule has 7 heteroatoms. The molecule has 1 amide bonds. The van der Waals surface area contributed by atoms with E-state index in [2.05, 4.69) is 17.1 Å². The highest BCUT2D eigenvalue weighted by atomic mass is 16.5. The summed E-state index contributed by atoms with van der Waals surface area (Å²) >= 11 is 0. The lowest BCUT2D eigenvalue weighted by atomic mass is 9.84. The molecule has 1 aliphatic carbocycles. The maximum Gasteiger partial charge on any atom is 0.326 e. The molecule has 0 radical (unpaired) electrons. The maximum atomic E-state index is 12.7. The fourth-order valence-corrected chi connectivity index (χ4v) is 4.28. The van der Waals surface area contributed by atoms with Gasteiger partial charge in [-0.25, -0.2) is 4.79 Å². The van der Waals surface area contributed by atoms with Crippen molar-refractivity contribution in [2.45, 2.75) is 83.2 Å². The van der Waals surface area contributed by atoms with Crippen molar-refractivity contribution >= 4 is 11.9 Å². The Balaban J connectivity index is 1.56. The van der Waals surface area contributed by atoms with Gasteiger partial charge in [0.25, 0.3) is 0 Å². The molecule has 138 valence electrons. The third-order valence-corrected chi connectivity index (χ3v) is 5.43. The normalized spacial score (nSPS) is 25.8. The number of aromatic nitrogens is 2. The molecule has 0 aromatic carbocycles. The summed E-state index contributed by atoms with van der Waals surface area (Å²) in [7, 11) is 0. The Morgan fingerprint density at radius 2 is 2.08 bits per heavy atom. The highest BCUT2D eigenvalue weighted by Gasteiger charge is 2.47. The fraction of sp³-hybridized carbons (Fsp3) is 0.778. The predicted octanol–water partition coefficient (Wildman–Crippen LogP) is 2.59. The number of aliphatic carboxylic acids is 1. The van der Waals surface area contributed by atoms with E-state index < -0.39 is 12.0 Å². The number of nitrogens with zero attached hydrogens (tertiary/aromatic N) is 3. The van der Waals surface area contributed by atoms with Crippen molar-refractivity contribution in [3.05, 3.63) is 11.7 Å². The molecular weight excluding hydrogens is 322 g/mol. The van der Waals surface area contributed by atoms with E-state index >= 15 is 0 Å². The lowest BCUT2D eigenvalue weighted by Crippen LogP contribution is -2.46. The lowest BCUT2D eigenvalue weighted by Gasteiger charge is -2.33. The number of carbonyl (C=O) groups excluding carboxylic acids is 1. The summed E-state index contributed by atoms with van der Waals surface area (Å²) in [5.41, 5.74) is 0. The number of carbonyl (C=O) groups is 2. The Labute approximate surface area is 147 Å².